The monoisotopic (exact) mass is 230 g/mol. The van der Waals surface area contributed by atoms with Gasteiger partial charge in [0.05, 0.1) is 0 Å². The fourth-order valence-corrected chi connectivity index (χ4v) is 2.00. The highest BCUT2D eigenvalue weighted by Crippen LogP contribution is 2.07. The Morgan fingerprint density at radius 1 is 0.824 bits per heavy atom. The highest BCUT2D eigenvalue weighted by molar-refractivity contribution is 5.15. The van der Waals surface area contributed by atoms with Gasteiger partial charge in [0.1, 0.15) is 0 Å². The average molecular weight is 230 g/mol. The summed E-state index contributed by atoms with van der Waals surface area (Å²) < 4.78 is 0. The molecule has 0 saturated carbocycles. The van der Waals surface area contributed by atoms with Crippen molar-refractivity contribution in [3.05, 3.63) is 48.0 Å². The second kappa shape index (κ2) is 10.1. The number of rotatable bonds is 9. The Kier molecular flexibility index (Phi) is 8.36. The Hall–Kier alpha value is -1.04. The molecule has 0 aromatic heterocycles. The highest BCUT2D eigenvalue weighted by atomic mass is 13.9. The van der Waals surface area contributed by atoms with Crippen LogP contribution in [0.25, 0.3) is 0 Å². The van der Waals surface area contributed by atoms with Gasteiger partial charge in [-0.25, -0.2) is 0 Å². The molecule has 0 N–H and O–H groups in total. The average Bonchev–Trinajstić information content (AvgIpc) is 2.38. The summed E-state index contributed by atoms with van der Waals surface area (Å²) in [6.07, 6.45) is 15.2. The van der Waals surface area contributed by atoms with Gasteiger partial charge in [-0.2, -0.15) is 0 Å². The smallest absolute Gasteiger partial charge is 0.0244 e. The van der Waals surface area contributed by atoms with E-state index in [-0.39, 0.29) is 0 Å². The molecule has 1 aromatic rings. The third-order valence-electron chi connectivity index (χ3n) is 3.08. The van der Waals surface area contributed by atoms with Gasteiger partial charge in [0.25, 0.3) is 0 Å². The lowest BCUT2D eigenvalue weighted by molar-refractivity contribution is 0.637. The molecule has 1 aromatic carbocycles. The Labute approximate surface area is 107 Å². The first-order valence-electron chi connectivity index (χ1n) is 7.12. The molecule has 0 radical (unpaired) electrons. The zero-order chi connectivity index (χ0) is 12.2. The van der Waals surface area contributed by atoms with Gasteiger partial charge in [-0.1, -0.05) is 75.1 Å². The molecule has 1 rings (SSSR count). The first-order valence-corrected chi connectivity index (χ1v) is 7.12. The van der Waals surface area contributed by atoms with Crippen molar-refractivity contribution in [1.82, 2.24) is 0 Å². The molecule has 0 spiro atoms. The third-order valence-corrected chi connectivity index (χ3v) is 3.08. The summed E-state index contributed by atoms with van der Waals surface area (Å²) in [6.45, 7) is 2.27. The van der Waals surface area contributed by atoms with E-state index in [1.165, 1.54) is 56.9 Å². The highest BCUT2D eigenvalue weighted by Gasteiger charge is 1.89. The van der Waals surface area contributed by atoms with E-state index in [0.717, 1.165) is 0 Å². The third kappa shape index (κ3) is 7.79. The normalized spacial score (nSPS) is 11.1. The van der Waals surface area contributed by atoms with Gasteiger partial charge in [0.15, 0.2) is 0 Å². The van der Waals surface area contributed by atoms with E-state index < -0.39 is 0 Å². The summed E-state index contributed by atoms with van der Waals surface area (Å²) in [7, 11) is 0. The number of hydrogen-bond donors (Lipinski definition) is 0. The van der Waals surface area contributed by atoms with Crippen LogP contribution in [-0.4, -0.2) is 0 Å². The molecular weight excluding hydrogens is 204 g/mol. The molecule has 0 heteroatoms. The maximum Gasteiger partial charge on any atom is -0.0244 e. The number of hydrogen-bond acceptors (Lipinski definition) is 0. The predicted octanol–water partition coefficient (Wildman–Crippen LogP) is 5.54. The molecule has 0 saturated heterocycles. The molecule has 0 heterocycles. The Bertz CT molecular complexity index is 284. The minimum atomic E-state index is 1.17. The minimum Gasteiger partial charge on any atom is -0.0885 e. The van der Waals surface area contributed by atoms with E-state index in [1.54, 1.807) is 0 Å². The van der Waals surface area contributed by atoms with Crippen molar-refractivity contribution in [2.24, 2.45) is 0 Å². The van der Waals surface area contributed by atoms with Crippen LogP contribution in [0, 0.1) is 0 Å². The van der Waals surface area contributed by atoms with Gasteiger partial charge in [-0.3, -0.25) is 0 Å². The van der Waals surface area contributed by atoms with E-state index in [0.29, 0.717) is 0 Å². The predicted molar refractivity (Wildman–Crippen MR) is 77.3 cm³/mol. The van der Waals surface area contributed by atoms with E-state index in [4.69, 9.17) is 0 Å². The lowest BCUT2D eigenvalue weighted by atomic mass is 10.1. The van der Waals surface area contributed by atoms with Crippen molar-refractivity contribution in [3.8, 4) is 0 Å². The van der Waals surface area contributed by atoms with Crippen LogP contribution in [0.1, 0.15) is 57.4 Å². The molecule has 0 aliphatic carbocycles. The van der Waals surface area contributed by atoms with Crippen LogP contribution in [0.2, 0.25) is 0 Å². The standard InChI is InChI=1S/C17H26/c1-2-3-4-5-6-7-8-9-11-14-17-15-12-10-13-16-17/h8-10,12-13,15-16H,2-7,11,14H2,1H3. The summed E-state index contributed by atoms with van der Waals surface area (Å²) in [5.41, 5.74) is 1.44. The van der Waals surface area contributed by atoms with Crippen LogP contribution in [0.15, 0.2) is 42.5 Å². The van der Waals surface area contributed by atoms with Gasteiger partial charge in [-0.15, -0.1) is 0 Å². The number of allylic oxidation sites excluding steroid dienone is 2. The van der Waals surface area contributed by atoms with Crippen LogP contribution in [-0.2, 0) is 6.42 Å². The lowest BCUT2D eigenvalue weighted by Crippen LogP contribution is -1.81. The SMILES string of the molecule is CCCCCCCC=CCCc1ccccc1. The van der Waals surface area contributed by atoms with Crippen molar-refractivity contribution < 1.29 is 0 Å². The van der Waals surface area contributed by atoms with Crippen LogP contribution in [0.5, 0.6) is 0 Å². The van der Waals surface area contributed by atoms with Crippen LogP contribution in [0.3, 0.4) is 0 Å². The minimum absolute atomic E-state index is 1.17. The van der Waals surface area contributed by atoms with Crippen molar-refractivity contribution >= 4 is 0 Å². The topological polar surface area (TPSA) is 0 Å². The molecule has 0 unspecified atom stereocenters. The first-order chi connectivity index (χ1) is 8.43. The lowest BCUT2D eigenvalue weighted by Gasteiger charge is -1.97. The number of benzene rings is 1. The van der Waals surface area contributed by atoms with Crippen molar-refractivity contribution in [3.63, 3.8) is 0 Å². The molecule has 17 heavy (non-hydrogen) atoms. The molecular formula is C17H26. The molecule has 0 aliphatic rings. The van der Waals surface area contributed by atoms with Gasteiger partial charge in [0, 0.05) is 0 Å². The van der Waals surface area contributed by atoms with Gasteiger partial charge in [0.2, 0.25) is 0 Å². The van der Waals surface area contributed by atoms with Crippen LogP contribution in [0.4, 0.5) is 0 Å². The Balaban J connectivity index is 1.96. The Morgan fingerprint density at radius 3 is 2.29 bits per heavy atom. The summed E-state index contributed by atoms with van der Waals surface area (Å²) in [5.74, 6) is 0. The van der Waals surface area contributed by atoms with E-state index >= 15 is 0 Å². The molecule has 0 amide bonds. The second-order valence-electron chi connectivity index (χ2n) is 4.70. The maximum absolute atomic E-state index is 2.36. The fourth-order valence-electron chi connectivity index (χ4n) is 2.00. The number of unbranched alkanes of at least 4 members (excludes halogenated alkanes) is 5. The largest absolute Gasteiger partial charge is 0.0885 e. The van der Waals surface area contributed by atoms with Crippen LogP contribution >= 0.6 is 0 Å². The molecule has 0 nitrogen and oxygen atoms in total. The van der Waals surface area contributed by atoms with Gasteiger partial charge in [-0.05, 0) is 31.2 Å². The van der Waals surface area contributed by atoms with Crippen LogP contribution < -0.4 is 0 Å². The molecule has 0 bridgehead atoms. The summed E-state index contributed by atoms with van der Waals surface area (Å²) in [4.78, 5) is 0. The van der Waals surface area contributed by atoms with Crippen molar-refractivity contribution in [2.75, 3.05) is 0 Å². The molecule has 0 atom stereocenters. The Morgan fingerprint density at radius 2 is 1.53 bits per heavy atom. The fraction of sp³-hybridized carbons (Fsp3) is 0.529. The molecule has 94 valence electrons. The summed E-state index contributed by atoms with van der Waals surface area (Å²) in [5, 5.41) is 0. The maximum atomic E-state index is 2.36. The van der Waals surface area contributed by atoms with Gasteiger partial charge < -0.3 is 0 Å². The summed E-state index contributed by atoms with van der Waals surface area (Å²) in [6, 6.07) is 10.7. The zero-order valence-electron chi connectivity index (χ0n) is 11.2. The molecule has 0 aliphatic heterocycles. The van der Waals surface area contributed by atoms with E-state index in [9.17, 15) is 0 Å². The second-order valence-corrected chi connectivity index (χ2v) is 4.70. The van der Waals surface area contributed by atoms with Gasteiger partial charge >= 0.3 is 0 Å². The zero-order valence-corrected chi connectivity index (χ0v) is 11.2. The quantitative estimate of drug-likeness (QED) is 0.386. The van der Waals surface area contributed by atoms with Crippen molar-refractivity contribution in [1.29, 1.82) is 0 Å². The summed E-state index contributed by atoms with van der Waals surface area (Å²) >= 11 is 0. The number of aryl methyl sites for hydroxylation is 1. The molecule has 0 fully saturated rings. The van der Waals surface area contributed by atoms with E-state index in [2.05, 4.69) is 49.4 Å². The van der Waals surface area contributed by atoms with Crippen molar-refractivity contribution in [2.45, 2.75) is 58.3 Å². The first kappa shape index (κ1) is 14.0. The van der Waals surface area contributed by atoms with E-state index in [1.807, 2.05) is 0 Å².